The summed E-state index contributed by atoms with van der Waals surface area (Å²) in [4.78, 5) is 10.7. The molecule has 0 amide bonds. The van der Waals surface area contributed by atoms with Crippen LogP contribution in [0.2, 0.25) is 0 Å². The molecule has 1 heterocycles. The zero-order valence-electron chi connectivity index (χ0n) is 9.95. The Kier molecular flexibility index (Phi) is 3.43. The minimum absolute atomic E-state index is 0.00997. The molecule has 1 fully saturated rings. The molecule has 0 atom stereocenters. The van der Waals surface area contributed by atoms with Crippen molar-refractivity contribution in [2.75, 3.05) is 11.5 Å². The van der Waals surface area contributed by atoms with Crippen LogP contribution in [0.5, 0.6) is 0 Å². The Labute approximate surface area is 106 Å². The second-order valence-corrected chi connectivity index (χ2v) is 7.12. The van der Waals surface area contributed by atoms with Gasteiger partial charge in [0.1, 0.15) is 0 Å². The molecule has 18 heavy (non-hydrogen) atoms. The molecule has 0 aliphatic heterocycles. The van der Waals surface area contributed by atoms with E-state index in [1.54, 1.807) is 23.1 Å². The monoisotopic (exact) mass is 272 g/mol. The van der Waals surface area contributed by atoms with Crippen molar-refractivity contribution in [1.82, 2.24) is 9.78 Å². The Morgan fingerprint density at radius 2 is 2.17 bits per heavy atom. The average Bonchev–Trinajstić information content (AvgIpc) is 2.81. The summed E-state index contributed by atoms with van der Waals surface area (Å²) in [6.45, 7) is 0.318. The SMILES string of the molecule is O=C(O)CC1(CS(=O)(=O)CCn2cccn2)CC1. The summed E-state index contributed by atoms with van der Waals surface area (Å²) in [6, 6.07) is 1.74. The number of aryl methyl sites for hydroxylation is 1. The van der Waals surface area contributed by atoms with E-state index in [-0.39, 0.29) is 17.9 Å². The Morgan fingerprint density at radius 3 is 2.67 bits per heavy atom. The lowest BCUT2D eigenvalue weighted by Gasteiger charge is -2.12. The van der Waals surface area contributed by atoms with Crippen LogP contribution in [-0.2, 0) is 21.2 Å². The molecule has 1 saturated carbocycles. The van der Waals surface area contributed by atoms with Crippen LogP contribution in [0.3, 0.4) is 0 Å². The van der Waals surface area contributed by atoms with Crippen molar-refractivity contribution < 1.29 is 18.3 Å². The number of rotatable bonds is 7. The number of aliphatic carboxylic acids is 1. The average molecular weight is 272 g/mol. The number of sulfone groups is 1. The van der Waals surface area contributed by atoms with E-state index >= 15 is 0 Å². The van der Waals surface area contributed by atoms with E-state index in [0.717, 1.165) is 0 Å². The molecule has 7 heteroatoms. The van der Waals surface area contributed by atoms with Crippen molar-refractivity contribution in [3.05, 3.63) is 18.5 Å². The fourth-order valence-corrected chi connectivity index (χ4v) is 4.01. The first-order valence-electron chi connectivity index (χ1n) is 5.81. The molecule has 100 valence electrons. The summed E-state index contributed by atoms with van der Waals surface area (Å²) in [5.41, 5.74) is -0.505. The first-order chi connectivity index (χ1) is 8.41. The van der Waals surface area contributed by atoms with Gasteiger partial charge in [0.2, 0.25) is 0 Å². The van der Waals surface area contributed by atoms with Crippen molar-refractivity contribution in [3.63, 3.8) is 0 Å². The van der Waals surface area contributed by atoms with Crippen LogP contribution in [0.15, 0.2) is 18.5 Å². The molecule has 0 saturated heterocycles. The van der Waals surface area contributed by atoms with Gasteiger partial charge in [-0.3, -0.25) is 9.48 Å². The Bertz CT molecular complexity index is 517. The minimum Gasteiger partial charge on any atom is -0.481 e. The Balaban J connectivity index is 1.89. The highest BCUT2D eigenvalue weighted by atomic mass is 32.2. The third-order valence-corrected chi connectivity index (χ3v) is 5.06. The highest BCUT2D eigenvalue weighted by molar-refractivity contribution is 7.91. The lowest BCUT2D eigenvalue weighted by molar-refractivity contribution is -0.138. The first kappa shape index (κ1) is 13.1. The topological polar surface area (TPSA) is 89.3 Å². The van der Waals surface area contributed by atoms with E-state index in [1.807, 2.05) is 0 Å². The molecule has 2 rings (SSSR count). The molecule has 0 aromatic carbocycles. The van der Waals surface area contributed by atoms with Gasteiger partial charge < -0.3 is 5.11 Å². The molecule has 1 N–H and O–H groups in total. The summed E-state index contributed by atoms with van der Waals surface area (Å²) in [5.74, 6) is -0.932. The number of carboxylic acid groups (broad SMARTS) is 1. The lowest BCUT2D eigenvalue weighted by Crippen LogP contribution is -2.24. The third-order valence-electron chi connectivity index (χ3n) is 3.20. The highest BCUT2D eigenvalue weighted by Gasteiger charge is 2.47. The van der Waals surface area contributed by atoms with Crippen LogP contribution in [0, 0.1) is 5.41 Å². The van der Waals surface area contributed by atoms with Crippen LogP contribution in [-0.4, -0.2) is 40.8 Å². The maximum Gasteiger partial charge on any atom is 0.303 e. The van der Waals surface area contributed by atoms with Gasteiger partial charge in [-0.15, -0.1) is 0 Å². The van der Waals surface area contributed by atoms with Gasteiger partial charge >= 0.3 is 5.97 Å². The summed E-state index contributed by atoms with van der Waals surface area (Å²) >= 11 is 0. The Hall–Kier alpha value is -1.37. The second kappa shape index (κ2) is 4.72. The molecule has 1 aromatic heterocycles. The molecule has 0 unspecified atom stereocenters. The highest BCUT2D eigenvalue weighted by Crippen LogP contribution is 2.49. The maximum absolute atomic E-state index is 11.9. The molecule has 1 aliphatic rings. The fourth-order valence-electron chi connectivity index (χ4n) is 2.07. The van der Waals surface area contributed by atoms with Crippen molar-refractivity contribution >= 4 is 15.8 Å². The quantitative estimate of drug-likeness (QED) is 0.783. The summed E-state index contributed by atoms with van der Waals surface area (Å²) in [7, 11) is -3.22. The van der Waals surface area contributed by atoms with Gasteiger partial charge in [0.25, 0.3) is 0 Å². The normalized spacial score (nSPS) is 17.6. The van der Waals surface area contributed by atoms with Crippen LogP contribution in [0.4, 0.5) is 0 Å². The zero-order chi connectivity index (χ0) is 13.2. The van der Waals surface area contributed by atoms with E-state index in [0.29, 0.717) is 19.4 Å². The van der Waals surface area contributed by atoms with Gasteiger partial charge in [-0.1, -0.05) is 0 Å². The largest absolute Gasteiger partial charge is 0.481 e. The van der Waals surface area contributed by atoms with Crippen LogP contribution in [0.1, 0.15) is 19.3 Å². The van der Waals surface area contributed by atoms with E-state index in [2.05, 4.69) is 5.10 Å². The zero-order valence-corrected chi connectivity index (χ0v) is 10.8. The van der Waals surface area contributed by atoms with Gasteiger partial charge in [-0.2, -0.15) is 5.10 Å². The molecule has 1 aromatic rings. The van der Waals surface area contributed by atoms with Gasteiger partial charge in [0, 0.05) is 12.4 Å². The summed E-state index contributed by atoms with van der Waals surface area (Å²) < 4.78 is 25.4. The van der Waals surface area contributed by atoms with Gasteiger partial charge in [-0.05, 0) is 24.3 Å². The van der Waals surface area contributed by atoms with E-state index in [1.165, 1.54) is 0 Å². The number of carbonyl (C=O) groups is 1. The van der Waals surface area contributed by atoms with E-state index < -0.39 is 21.2 Å². The van der Waals surface area contributed by atoms with Crippen molar-refractivity contribution in [1.29, 1.82) is 0 Å². The number of hydrogen-bond acceptors (Lipinski definition) is 4. The molecule has 0 spiro atoms. The van der Waals surface area contributed by atoms with Gasteiger partial charge in [0.05, 0.1) is 24.5 Å². The summed E-state index contributed by atoms with van der Waals surface area (Å²) in [5, 5.41) is 12.7. The van der Waals surface area contributed by atoms with E-state index in [9.17, 15) is 13.2 Å². The van der Waals surface area contributed by atoms with Crippen LogP contribution in [0.25, 0.3) is 0 Å². The first-order valence-corrected chi connectivity index (χ1v) is 7.63. The van der Waals surface area contributed by atoms with Gasteiger partial charge in [0.15, 0.2) is 9.84 Å². The van der Waals surface area contributed by atoms with E-state index in [4.69, 9.17) is 5.11 Å². The predicted molar refractivity (Wildman–Crippen MR) is 64.8 cm³/mol. The molecular formula is C11H16N2O4S. The Morgan fingerprint density at radius 1 is 1.44 bits per heavy atom. The minimum atomic E-state index is -3.22. The van der Waals surface area contributed by atoms with Crippen LogP contribution >= 0.6 is 0 Å². The fraction of sp³-hybridized carbons (Fsp3) is 0.636. The van der Waals surface area contributed by atoms with Crippen LogP contribution < -0.4 is 0 Å². The lowest BCUT2D eigenvalue weighted by atomic mass is 10.1. The number of carboxylic acids is 1. The number of aromatic nitrogens is 2. The predicted octanol–water partition coefficient (Wildman–Crippen LogP) is 0.553. The van der Waals surface area contributed by atoms with Crippen molar-refractivity contribution in [3.8, 4) is 0 Å². The molecule has 1 aliphatic carbocycles. The second-order valence-electron chi connectivity index (χ2n) is 4.93. The molecule has 0 radical (unpaired) electrons. The summed E-state index contributed by atoms with van der Waals surface area (Å²) in [6.07, 6.45) is 4.65. The molecule has 0 bridgehead atoms. The maximum atomic E-state index is 11.9. The van der Waals surface area contributed by atoms with Crippen molar-refractivity contribution in [2.45, 2.75) is 25.8 Å². The molecular weight excluding hydrogens is 256 g/mol. The smallest absolute Gasteiger partial charge is 0.303 e. The van der Waals surface area contributed by atoms with Crippen molar-refractivity contribution in [2.24, 2.45) is 5.41 Å². The number of nitrogens with zero attached hydrogens (tertiary/aromatic N) is 2. The third kappa shape index (κ3) is 3.56. The van der Waals surface area contributed by atoms with Gasteiger partial charge in [-0.25, -0.2) is 8.42 Å². The molecule has 6 nitrogen and oxygen atoms in total. The standard InChI is InChI=1S/C11H16N2O4S/c14-10(15)8-11(2-3-11)9-18(16,17)7-6-13-5-1-4-12-13/h1,4-5H,2-3,6-9H2,(H,14,15). The number of hydrogen-bond donors (Lipinski definition) is 1.